The molecular weight excluding hydrogens is 829 g/mol. The fourth-order valence-corrected chi connectivity index (χ4v) is 6.71. The number of allylic oxidation sites excluding steroid dienone is 22. The van der Waals surface area contributed by atoms with Gasteiger partial charge in [-0.25, -0.2) is 0 Å². The predicted molar refractivity (Wildman–Crippen MR) is 288 cm³/mol. The average Bonchev–Trinajstić information content (AvgIpc) is 3.33. The van der Waals surface area contributed by atoms with Crippen molar-refractivity contribution in [2.75, 3.05) is 13.2 Å². The number of ether oxygens (including phenoxy) is 3. The van der Waals surface area contributed by atoms with Crippen molar-refractivity contribution in [1.82, 2.24) is 0 Å². The molecule has 0 bridgehead atoms. The average molecular weight is 925 g/mol. The van der Waals surface area contributed by atoms with Crippen molar-refractivity contribution < 1.29 is 28.6 Å². The molecule has 0 aliphatic rings. The van der Waals surface area contributed by atoms with Crippen LogP contribution in [0.2, 0.25) is 0 Å². The van der Waals surface area contributed by atoms with Crippen molar-refractivity contribution in [2.24, 2.45) is 0 Å². The molecule has 376 valence electrons. The number of rotatable bonds is 46. The number of carbonyl (C=O) groups excluding carboxylic acids is 3. The summed E-state index contributed by atoms with van der Waals surface area (Å²) in [7, 11) is 0. The highest BCUT2D eigenvalue weighted by Gasteiger charge is 2.19. The number of hydrogen-bond acceptors (Lipinski definition) is 6. The van der Waals surface area contributed by atoms with E-state index in [4.69, 9.17) is 14.2 Å². The summed E-state index contributed by atoms with van der Waals surface area (Å²) in [5.74, 6) is -0.997. The molecule has 0 saturated carbocycles. The number of unbranched alkanes of at least 4 members (excludes halogenated alkanes) is 13. The Morgan fingerprint density at radius 3 is 0.940 bits per heavy atom. The highest BCUT2D eigenvalue weighted by atomic mass is 16.6. The van der Waals surface area contributed by atoms with Crippen LogP contribution in [0.15, 0.2) is 134 Å². The molecule has 0 spiro atoms. The maximum Gasteiger partial charge on any atom is 0.306 e. The molecule has 0 amide bonds. The van der Waals surface area contributed by atoms with Gasteiger partial charge in [0.25, 0.3) is 0 Å². The van der Waals surface area contributed by atoms with Gasteiger partial charge in [-0.15, -0.1) is 0 Å². The zero-order valence-corrected chi connectivity index (χ0v) is 42.9. The Morgan fingerprint density at radius 2 is 0.582 bits per heavy atom. The Hall–Kier alpha value is -4.45. The maximum atomic E-state index is 12.8. The molecule has 1 atom stereocenters. The van der Waals surface area contributed by atoms with Gasteiger partial charge in [-0.2, -0.15) is 0 Å². The van der Waals surface area contributed by atoms with Gasteiger partial charge in [-0.05, 0) is 116 Å². The van der Waals surface area contributed by atoms with Crippen LogP contribution in [0, 0.1) is 0 Å². The van der Waals surface area contributed by atoms with Crippen LogP contribution in [0.4, 0.5) is 0 Å². The number of hydrogen-bond donors (Lipinski definition) is 0. The van der Waals surface area contributed by atoms with E-state index in [9.17, 15) is 14.4 Å². The smallest absolute Gasteiger partial charge is 0.306 e. The normalized spacial score (nSPS) is 13.2. The van der Waals surface area contributed by atoms with Gasteiger partial charge >= 0.3 is 17.9 Å². The van der Waals surface area contributed by atoms with Crippen LogP contribution in [0.1, 0.15) is 213 Å². The molecule has 67 heavy (non-hydrogen) atoms. The zero-order chi connectivity index (χ0) is 48.6. The summed E-state index contributed by atoms with van der Waals surface area (Å²) in [6.45, 7) is 6.30. The SMILES string of the molecule is CC/C=C\C/C=C\C/C=C\C/C=C\C/C=C\C/C=C\C/C=C\CCCCCC(=O)OCC(COC(=O)CCCCCCCCCCC)OC(=O)CCCC/C=C\C/C=C\C/C=C\C/C=C\CC. The van der Waals surface area contributed by atoms with Crippen molar-refractivity contribution in [3.05, 3.63) is 134 Å². The summed E-state index contributed by atoms with van der Waals surface area (Å²) < 4.78 is 16.7. The summed E-state index contributed by atoms with van der Waals surface area (Å²) >= 11 is 0. The zero-order valence-electron chi connectivity index (χ0n) is 42.9. The Morgan fingerprint density at radius 1 is 0.313 bits per heavy atom. The quantitative estimate of drug-likeness (QED) is 0.0262. The van der Waals surface area contributed by atoms with Crippen LogP contribution in [0.25, 0.3) is 0 Å². The maximum absolute atomic E-state index is 12.8. The first-order valence-electron chi connectivity index (χ1n) is 26.7. The summed E-state index contributed by atoms with van der Waals surface area (Å²) in [6.07, 6.45) is 75.9. The molecule has 0 aliphatic heterocycles. The fourth-order valence-electron chi connectivity index (χ4n) is 6.71. The second-order valence-corrected chi connectivity index (χ2v) is 17.0. The van der Waals surface area contributed by atoms with Crippen LogP contribution >= 0.6 is 0 Å². The van der Waals surface area contributed by atoms with Crippen LogP contribution < -0.4 is 0 Å². The summed E-state index contributed by atoms with van der Waals surface area (Å²) in [4.78, 5) is 37.9. The largest absolute Gasteiger partial charge is 0.462 e. The van der Waals surface area contributed by atoms with Crippen LogP contribution in [0.3, 0.4) is 0 Å². The lowest BCUT2D eigenvalue weighted by atomic mass is 10.1. The monoisotopic (exact) mass is 925 g/mol. The lowest BCUT2D eigenvalue weighted by Crippen LogP contribution is -2.30. The van der Waals surface area contributed by atoms with E-state index in [1.807, 2.05) is 0 Å². The van der Waals surface area contributed by atoms with E-state index in [0.29, 0.717) is 19.3 Å². The Kier molecular flexibility index (Phi) is 50.6. The molecule has 0 radical (unpaired) electrons. The Bertz CT molecular complexity index is 1480. The summed E-state index contributed by atoms with van der Waals surface area (Å²) in [5.41, 5.74) is 0. The van der Waals surface area contributed by atoms with E-state index >= 15 is 0 Å². The first-order valence-corrected chi connectivity index (χ1v) is 26.7. The van der Waals surface area contributed by atoms with Gasteiger partial charge in [0, 0.05) is 19.3 Å². The van der Waals surface area contributed by atoms with Gasteiger partial charge in [0.05, 0.1) is 0 Å². The third-order valence-corrected chi connectivity index (χ3v) is 10.7. The molecule has 0 aromatic rings. The van der Waals surface area contributed by atoms with Crippen molar-refractivity contribution in [3.8, 4) is 0 Å². The molecule has 0 heterocycles. The van der Waals surface area contributed by atoms with Crippen LogP contribution in [0.5, 0.6) is 0 Å². The molecular formula is C61H96O6. The van der Waals surface area contributed by atoms with E-state index in [-0.39, 0.29) is 37.5 Å². The van der Waals surface area contributed by atoms with Crippen molar-refractivity contribution in [1.29, 1.82) is 0 Å². The lowest BCUT2D eigenvalue weighted by Gasteiger charge is -2.18. The van der Waals surface area contributed by atoms with Gasteiger partial charge in [0.15, 0.2) is 6.10 Å². The van der Waals surface area contributed by atoms with E-state index in [0.717, 1.165) is 128 Å². The number of esters is 3. The Balaban J connectivity index is 4.43. The van der Waals surface area contributed by atoms with Gasteiger partial charge in [-0.3, -0.25) is 14.4 Å². The second kappa shape index (κ2) is 54.2. The van der Waals surface area contributed by atoms with E-state index < -0.39 is 6.10 Å². The van der Waals surface area contributed by atoms with Crippen LogP contribution in [-0.4, -0.2) is 37.2 Å². The van der Waals surface area contributed by atoms with E-state index in [2.05, 4.69) is 154 Å². The molecule has 0 fully saturated rings. The third kappa shape index (κ3) is 52.4. The van der Waals surface area contributed by atoms with Crippen molar-refractivity contribution in [3.63, 3.8) is 0 Å². The Labute approximate surface area is 411 Å². The molecule has 6 nitrogen and oxygen atoms in total. The standard InChI is InChI=1S/C61H96O6/c1-4-7-10-13-16-19-21-23-25-26-27-28-29-30-31-32-33-34-36-37-39-42-45-48-51-54-60(63)66-57-58(56-65-59(62)53-50-47-44-41-18-15-12-9-6-3)67-61(64)55-52-49-46-43-40-38-35-24-22-20-17-14-11-8-5-2/h7-8,10-11,16-17,19-20,23-25,27-28,30-31,33-35,37,39-40,43,58H,4-6,9,12-15,18,21-22,26,29,32,36,38,41-42,44-57H2,1-3H3/b10-7-,11-8-,19-16-,20-17-,25-23-,28-27-,31-30-,34-33-,35-24-,39-37-,43-40-. The fraction of sp³-hybridized carbons (Fsp3) is 0.590. The third-order valence-electron chi connectivity index (χ3n) is 10.7. The molecule has 0 aromatic heterocycles. The molecule has 0 aromatic carbocycles. The molecule has 0 aliphatic carbocycles. The van der Waals surface area contributed by atoms with Crippen molar-refractivity contribution >= 4 is 17.9 Å². The minimum atomic E-state index is -0.816. The van der Waals surface area contributed by atoms with Gasteiger partial charge < -0.3 is 14.2 Å². The topological polar surface area (TPSA) is 78.9 Å². The molecule has 1 unspecified atom stereocenters. The first-order chi connectivity index (χ1) is 33.0. The van der Waals surface area contributed by atoms with Gasteiger partial charge in [-0.1, -0.05) is 212 Å². The predicted octanol–water partition coefficient (Wildman–Crippen LogP) is 17.9. The minimum absolute atomic E-state index is 0.109. The first kappa shape index (κ1) is 62.5. The van der Waals surface area contributed by atoms with E-state index in [1.54, 1.807) is 0 Å². The highest BCUT2D eigenvalue weighted by Crippen LogP contribution is 2.12. The van der Waals surface area contributed by atoms with Crippen molar-refractivity contribution in [2.45, 2.75) is 219 Å². The summed E-state index contributed by atoms with van der Waals surface area (Å²) in [5, 5.41) is 0. The number of carbonyl (C=O) groups is 3. The van der Waals surface area contributed by atoms with E-state index in [1.165, 1.54) is 38.5 Å². The molecule has 0 saturated heterocycles. The minimum Gasteiger partial charge on any atom is -0.462 e. The van der Waals surface area contributed by atoms with Gasteiger partial charge in [0.2, 0.25) is 0 Å². The van der Waals surface area contributed by atoms with Gasteiger partial charge in [0.1, 0.15) is 13.2 Å². The second-order valence-electron chi connectivity index (χ2n) is 17.0. The molecule has 0 rings (SSSR count). The van der Waals surface area contributed by atoms with Crippen LogP contribution in [-0.2, 0) is 28.6 Å². The highest BCUT2D eigenvalue weighted by molar-refractivity contribution is 5.71. The lowest BCUT2D eigenvalue weighted by molar-refractivity contribution is -0.167. The summed E-state index contributed by atoms with van der Waals surface area (Å²) in [6, 6.07) is 0. The molecule has 6 heteroatoms. The molecule has 0 N–H and O–H groups in total.